The second-order valence-electron chi connectivity index (χ2n) is 8.28. The first-order valence-corrected chi connectivity index (χ1v) is 9.76. The van der Waals surface area contributed by atoms with Crippen molar-refractivity contribution in [3.8, 4) is 0 Å². The molecule has 0 spiro atoms. The number of esters is 2. The molecular formula is C20H27ClO6. The molecule has 0 radical (unpaired) electrons. The van der Waals surface area contributed by atoms with E-state index in [0.29, 0.717) is 12.0 Å². The van der Waals surface area contributed by atoms with E-state index in [9.17, 15) is 19.8 Å². The molecule has 27 heavy (non-hydrogen) atoms. The van der Waals surface area contributed by atoms with Crippen LogP contribution < -0.4 is 0 Å². The lowest BCUT2D eigenvalue weighted by molar-refractivity contribution is -0.160. The number of fused-ring (bicyclic) bond motifs is 3. The predicted molar refractivity (Wildman–Crippen MR) is 98.9 cm³/mol. The summed E-state index contributed by atoms with van der Waals surface area (Å²) in [6, 6.07) is 0. The molecule has 8 atom stereocenters. The van der Waals surface area contributed by atoms with Gasteiger partial charge in [0.25, 0.3) is 0 Å². The van der Waals surface area contributed by atoms with Crippen LogP contribution in [0.4, 0.5) is 0 Å². The van der Waals surface area contributed by atoms with E-state index >= 15 is 0 Å². The number of ether oxygens (including phenoxy) is 2. The van der Waals surface area contributed by atoms with Gasteiger partial charge >= 0.3 is 11.9 Å². The standard InChI is InChI=1S/C20H27ClO6/c1-6-9(2)17(22)26-12-7-10(3)20(25)8-13(21)19(5,24)16(20)15-14(12)11(4)18(23)27-15/h7,9,12-16,24-25H,4,6,8H2,1-3,5H3/t9?,12-,13+,14+,15-,16-,19-,20+/m0/s1. The van der Waals surface area contributed by atoms with E-state index in [-0.39, 0.29) is 17.9 Å². The Hall–Kier alpha value is -1.37. The molecular weight excluding hydrogens is 372 g/mol. The first-order chi connectivity index (χ1) is 12.4. The molecule has 0 amide bonds. The Bertz CT molecular complexity index is 713. The molecule has 6 nitrogen and oxygen atoms in total. The van der Waals surface area contributed by atoms with Crippen LogP contribution in [0.1, 0.15) is 40.5 Å². The molecule has 150 valence electrons. The van der Waals surface area contributed by atoms with Gasteiger partial charge in [0.15, 0.2) is 0 Å². The molecule has 2 fully saturated rings. The summed E-state index contributed by atoms with van der Waals surface area (Å²) in [6.07, 6.45) is 0.671. The maximum absolute atomic E-state index is 12.4. The molecule has 1 heterocycles. The number of carbonyl (C=O) groups excluding carboxylic acids is 2. The third kappa shape index (κ3) is 2.93. The van der Waals surface area contributed by atoms with Crippen LogP contribution in [0.2, 0.25) is 0 Å². The van der Waals surface area contributed by atoms with Crippen molar-refractivity contribution in [2.75, 3.05) is 0 Å². The van der Waals surface area contributed by atoms with Crippen molar-refractivity contribution in [3.05, 3.63) is 23.8 Å². The third-order valence-corrected chi connectivity index (χ3v) is 7.17. The van der Waals surface area contributed by atoms with Crippen molar-refractivity contribution in [1.82, 2.24) is 0 Å². The Labute approximate surface area is 164 Å². The van der Waals surface area contributed by atoms with E-state index in [2.05, 4.69) is 6.58 Å². The molecule has 0 aromatic rings. The topological polar surface area (TPSA) is 93.1 Å². The van der Waals surface area contributed by atoms with Gasteiger partial charge in [-0.25, -0.2) is 4.79 Å². The lowest BCUT2D eigenvalue weighted by Crippen LogP contribution is -2.52. The van der Waals surface area contributed by atoms with Crippen LogP contribution in [0.5, 0.6) is 0 Å². The highest BCUT2D eigenvalue weighted by atomic mass is 35.5. The van der Waals surface area contributed by atoms with Gasteiger partial charge in [-0.15, -0.1) is 11.6 Å². The van der Waals surface area contributed by atoms with Crippen molar-refractivity contribution in [1.29, 1.82) is 0 Å². The van der Waals surface area contributed by atoms with Gasteiger partial charge in [-0.2, -0.15) is 0 Å². The average Bonchev–Trinajstić information content (AvgIpc) is 2.92. The number of aliphatic hydroxyl groups is 2. The Morgan fingerprint density at radius 1 is 1.52 bits per heavy atom. The van der Waals surface area contributed by atoms with Gasteiger partial charge in [0.1, 0.15) is 12.2 Å². The van der Waals surface area contributed by atoms with Gasteiger partial charge in [-0.3, -0.25) is 4.79 Å². The number of alkyl halides is 1. The van der Waals surface area contributed by atoms with E-state index in [1.165, 1.54) is 6.92 Å². The number of carbonyl (C=O) groups is 2. The quantitative estimate of drug-likeness (QED) is 0.327. The van der Waals surface area contributed by atoms with E-state index in [4.69, 9.17) is 21.1 Å². The smallest absolute Gasteiger partial charge is 0.334 e. The third-order valence-electron chi connectivity index (χ3n) is 6.58. The predicted octanol–water partition coefficient (Wildman–Crippen LogP) is 2.11. The summed E-state index contributed by atoms with van der Waals surface area (Å²) < 4.78 is 11.2. The van der Waals surface area contributed by atoms with Gasteiger partial charge in [-0.1, -0.05) is 20.4 Å². The van der Waals surface area contributed by atoms with Gasteiger partial charge < -0.3 is 19.7 Å². The summed E-state index contributed by atoms with van der Waals surface area (Å²) in [5, 5.41) is 21.7. The summed E-state index contributed by atoms with van der Waals surface area (Å²) in [6.45, 7) is 10.7. The number of hydrogen-bond donors (Lipinski definition) is 2. The molecule has 2 N–H and O–H groups in total. The van der Waals surface area contributed by atoms with Crippen LogP contribution in [0.3, 0.4) is 0 Å². The highest BCUT2D eigenvalue weighted by Gasteiger charge is 2.67. The van der Waals surface area contributed by atoms with Crippen molar-refractivity contribution >= 4 is 23.5 Å². The molecule has 3 aliphatic rings. The van der Waals surface area contributed by atoms with Gasteiger partial charge in [0.2, 0.25) is 0 Å². The summed E-state index contributed by atoms with van der Waals surface area (Å²) >= 11 is 6.35. The monoisotopic (exact) mass is 398 g/mol. The number of rotatable bonds is 3. The molecule has 0 aromatic carbocycles. The Balaban J connectivity index is 2.09. The number of hydrogen-bond acceptors (Lipinski definition) is 6. The average molecular weight is 399 g/mol. The fraction of sp³-hybridized carbons (Fsp3) is 0.700. The molecule has 1 saturated heterocycles. The van der Waals surface area contributed by atoms with Crippen molar-refractivity contribution in [2.24, 2.45) is 17.8 Å². The molecule has 1 aliphatic heterocycles. The van der Waals surface area contributed by atoms with E-state index in [0.717, 1.165) is 0 Å². The SMILES string of the molecule is C=C1C(=O)O[C@H]2[C@H]1[C@@H](OC(=O)C(C)CC)C=C(C)[C@]1(O)C[C@@H](Cl)[C@](C)(O)[C@H]21. The minimum absolute atomic E-state index is 0.105. The molecule has 2 aliphatic carbocycles. The van der Waals surface area contributed by atoms with E-state index in [1.54, 1.807) is 19.9 Å². The highest BCUT2D eigenvalue weighted by molar-refractivity contribution is 6.21. The van der Waals surface area contributed by atoms with Crippen LogP contribution >= 0.6 is 11.6 Å². The summed E-state index contributed by atoms with van der Waals surface area (Å²) in [7, 11) is 0. The summed E-state index contributed by atoms with van der Waals surface area (Å²) in [5.41, 5.74) is -2.24. The van der Waals surface area contributed by atoms with Crippen molar-refractivity contribution in [2.45, 2.75) is 69.3 Å². The lowest BCUT2D eigenvalue weighted by atomic mass is 9.74. The maximum Gasteiger partial charge on any atom is 0.334 e. The Kier molecular flexibility index (Phi) is 4.98. The fourth-order valence-electron chi connectivity index (χ4n) is 4.58. The van der Waals surface area contributed by atoms with Crippen molar-refractivity contribution in [3.63, 3.8) is 0 Å². The van der Waals surface area contributed by atoms with Crippen molar-refractivity contribution < 1.29 is 29.3 Å². The largest absolute Gasteiger partial charge is 0.458 e. The zero-order valence-corrected chi connectivity index (χ0v) is 16.8. The lowest BCUT2D eigenvalue weighted by Gasteiger charge is -2.39. The summed E-state index contributed by atoms with van der Waals surface area (Å²) in [4.78, 5) is 24.7. The molecule has 7 heteroatoms. The Morgan fingerprint density at radius 3 is 2.74 bits per heavy atom. The van der Waals surface area contributed by atoms with Crippen LogP contribution in [0.15, 0.2) is 23.8 Å². The second kappa shape index (κ2) is 6.61. The zero-order valence-electron chi connectivity index (χ0n) is 16.1. The second-order valence-corrected chi connectivity index (χ2v) is 8.81. The van der Waals surface area contributed by atoms with E-state index < -0.39 is 52.6 Å². The van der Waals surface area contributed by atoms with Gasteiger partial charge in [-0.05, 0) is 38.3 Å². The Morgan fingerprint density at radius 2 is 2.15 bits per heavy atom. The zero-order chi connectivity index (χ0) is 20.3. The first-order valence-electron chi connectivity index (χ1n) is 9.33. The van der Waals surface area contributed by atoms with Crippen LogP contribution in [0, 0.1) is 17.8 Å². The van der Waals surface area contributed by atoms with Gasteiger partial charge in [0, 0.05) is 5.57 Å². The molecule has 1 saturated carbocycles. The highest BCUT2D eigenvalue weighted by Crippen LogP contribution is 2.56. The molecule has 0 bridgehead atoms. The molecule has 0 aromatic heterocycles. The van der Waals surface area contributed by atoms with E-state index in [1.807, 2.05) is 6.92 Å². The summed E-state index contributed by atoms with van der Waals surface area (Å²) in [5.74, 6) is -2.85. The fourth-order valence-corrected chi connectivity index (χ4v) is 4.95. The van der Waals surface area contributed by atoms with Crippen LogP contribution in [-0.2, 0) is 19.1 Å². The normalized spacial score (nSPS) is 44.7. The minimum atomic E-state index is -1.48. The number of halogens is 1. The van der Waals surface area contributed by atoms with Crippen LogP contribution in [-0.4, -0.2) is 50.9 Å². The van der Waals surface area contributed by atoms with Gasteiger partial charge in [0.05, 0.1) is 34.3 Å². The minimum Gasteiger partial charge on any atom is -0.458 e. The molecule has 3 rings (SSSR count). The maximum atomic E-state index is 12.4. The molecule has 1 unspecified atom stereocenters. The first kappa shape index (κ1) is 20.4. The van der Waals surface area contributed by atoms with Crippen LogP contribution in [0.25, 0.3) is 0 Å².